The number of carbonyl (C=O) groups excluding carboxylic acids is 1. The molecule has 3 atom stereocenters. The van der Waals surface area contributed by atoms with Crippen molar-refractivity contribution in [2.45, 2.75) is 56.7 Å². The molecular formula is C14H26O4S2. The molecule has 1 rings (SSSR count). The summed E-state index contributed by atoms with van der Waals surface area (Å²) in [5, 5.41) is 0. The molecule has 0 amide bonds. The van der Waals surface area contributed by atoms with Gasteiger partial charge in [0.2, 0.25) is 0 Å². The molecule has 0 aromatic rings. The van der Waals surface area contributed by atoms with Gasteiger partial charge in [0.05, 0.1) is 15.6 Å². The minimum absolute atomic E-state index is 0.0297. The van der Waals surface area contributed by atoms with Crippen molar-refractivity contribution in [2.75, 3.05) is 19.6 Å². The molecule has 1 saturated heterocycles. The van der Waals surface area contributed by atoms with E-state index in [-0.39, 0.29) is 22.3 Å². The lowest BCUT2D eigenvalue weighted by Crippen LogP contribution is -2.53. The lowest BCUT2D eigenvalue weighted by Gasteiger charge is -2.46. The van der Waals surface area contributed by atoms with Crippen LogP contribution >= 0.6 is 23.5 Å². The molecule has 1 heterocycles. The molecule has 0 aliphatic carbocycles. The molecule has 0 aromatic heterocycles. The molecule has 20 heavy (non-hydrogen) atoms. The van der Waals surface area contributed by atoms with Gasteiger partial charge in [-0.15, -0.1) is 23.5 Å². The molecule has 0 spiro atoms. The van der Waals surface area contributed by atoms with Gasteiger partial charge in [-0.2, -0.15) is 0 Å². The zero-order valence-corrected chi connectivity index (χ0v) is 15.0. The smallest absolute Gasteiger partial charge is 0.311 e. The molecule has 6 heteroatoms. The van der Waals surface area contributed by atoms with Crippen LogP contribution in [0.25, 0.3) is 0 Å². The second kappa shape index (κ2) is 6.90. The number of esters is 1. The molecule has 0 saturated carbocycles. The zero-order valence-electron chi connectivity index (χ0n) is 13.4. The number of hydrogen-bond donors (Lipinski definition) is 0. The summed E-state index contributed by atoms with van der Waals surface area (Å²) in [5.74, 6) is -0.223. The van der Waals surface area contributed by atoms with E-state index in [2.05, 4.69) is 12.5 Å². The minimum atomic E-state index is -0.525. The normalized spacial score (nSPS) is 30.1. The van der Waals surface area contributed by atoms with Gasteiger partial charge in [-0.05, 0) is 40.2 Å². The Morgan fingerprint density at radius 3 is 2.25 bits per heavy atom. The molecule has 1 aliphatic rings. The van der Waals surface area contributed by atoms with Gasteiger partial charge in [0.1, 0.15) is 0 Å². The van der Waals surface area contributed by atoms with Crippen molar-refractivity contribution >= 4 is 29.5 Å². The molecule has 0 bridgehead atoms. The van der Waals surface area contributed by atoms with Crippen molar-refractivity contribution in [1.29, 1.82) is 0 Å². The Kier molecular flexibility index (Phi) is 6.26. The van der Waals surface area contributed by atoms with Gasteiger partial charge in [-0.25, -0.2) is 0 Å². The first-order valence-electron chi connectivity index (χ1n) is 6.70. The number of methoxy groups -OCH3 is 1. The first-order valence-corrected chi connectivity index (χ1v) is 9.14. The fourth-order valence-electron chi connectivity index (χ4n) is 2.14. The fourth-order valence-corrected chi connectivity index (χ4v) is 4.24. The topological polar surface area (TPSA) is 44.8 Å². The summed E-state index contributed by atoms with van der Waals surface area (Å²) in [6.07, 6.45) is 4.00. The van der Waals surface area contributed by atoms with E-state index in [0.717, 1.165) is 6.42 Å². The summed E-state index contributed by atoms with van der Waals surface area (Å²) in [4.78, 5) is 12.1. The summed E-state index contributed by atoms with van der Waals surface area (Å²) >= 11 is 3.49. The Balaban J connectivity index is 2.89. The Hall–Kier alpha value is 0.0900. The van der Waals surface area contributed by atoms with Gasteiger partial charge in [0.25, 0.3) is 0 Å². The number of carbonyl (C=O) groups is 1. The SMILES string of the molecule is COC1OC(C)C(SC)(SC)CC1OC(=O)C(C)(C)C. The summed E-state index contributed by atoms with van der Waals surface area (Å²) < 4.78 is 16.8. The van der Waals surface area contributed by atoms with Crippen LogP contribution in [0, 0.1) is 5.41 Å². The van der Waals surface area contributed by atoms with Crippen LogP contribution in [0.15, 0.2) is 0 Å². The van der Waals surface area contributed by atoms with Crippen molar-refractivity contribution in [1.82, 2.24) is 0 Å². The van der Waals surface area contributed by atoms with Gasteiger partial charge in [0.15, 0.2) is 12.4 Å². The molecule has 0 aromatic carbocycles. The lowest BCUT2D eigenvalue weighted by atomic mass is 9.97. The van der Waals surface area contributed by atoms with Crippen LogP contribution in [0.3, 0.4) is 0 Å². The molecular weight excluding hydrogens is 296 g/mol. The maximum atomic E-state index is 12.1. The predicted octanol–water partition coefficient (Wildman–Crippen LogP) is 3.15. The van der Waals surface area contributed by atoms with Crippen LogP contribution in [0.1, 0.15) is 34.1 Å². The van der Waals surface area contributed by atoms with E-state index in [4.69, 9.17) is 14.2 Å². The molecule has 1 aliphatic heterocycles. The van der Waals surface area contributed by atoms with Crippen LogP contribution in [0.2, 0.25) is 0 Å². The average molecular weight is 322 g/mol. The van der Waals surface area contributed by atoms with E-state index >= 15 is 0 Å². The number of rotatable bonds is 4. The highest BCUT2D eigenvalue weighted by Crippen LogP contribution is 2.47. The zero-order chi connectivity index (χ0) is 15.6. The maximum Gasteiger partial charge on any atom is 0.311 e. The van der Waals surface area contributed by atoms with Crippen LogP contribution in [-0.4, -0.2) is 48.2 Å². The summed E-state index contributed by atoms with van der Waals surface area (Å²) in [7, 11) is 1.58. The number of hydrogen-bond acceptors (Lipinski definition) is 6. The predicted molar refractivity (Wildman–Crippen MR) is 85.1 cm³/mol. The van der Waals surface area contributed by atoms with Gasteiger partial charge < -0.3 is 14.2 Å². The summed E-state index contributed by atoms with van der Waals surface area (Å²) in [6, 6.07) is 0. The van der Waals surface area contributed by atoms with Crippen molar-refractivity contribution in [3.8, 4) is 0 Å². The minimum Gasteiger partial charge on any atom is -0.456 e. The van der Waals surface area contributed by atoms with E-state index in [1.54, 1.807) is 30.6 Å². The number of thioether (sulfide) groups is 2. The van der Waals surface area contributed by atoms with E-state index in [1.165, 1.54) is 0 Å². The van der Waals surface area contributed by atoms with Gasteiger partial charge in [-0.1, -0.05) is 0 Å². The Labute approximate surface area is 130 Å². The maximum absolute atomic E-state index is 12.1. The molecule has 0 N–H and O–H groups in total. The molecule has 3 unspecified atom stereocenters. The largest absolute Gasteiger partial charge is 0.456 e. The Bertz CT molecular complexity index is 337. The van der Waals surface area contributed by atoms with E-state index < -0.39 is 11.7 Å². The summed E-state index contributed by atoms with van der Waals surface area (Å²) in [6.45, 7) is 7.58. The monoisotopic (exact) mass is 322 g/mol. The quantitative estimate of drug-likeness (QED) is 0.585. The van der Waals surface area contributed by atoms with Crippen molar-refractivity contribution in [3.63, 3.8) is 0 Å². The molecule has 1 fully saturated rings. The highest BCUT2D eigenvalue weighted by atomic mass is 32.2. The molecule has 118 valence electrons. The van der Waals surface area contributed by atoms with Gasteiger partial charge in [0, 0.05) is 13.5 Å². The van der Waals surface area contributed by atoms with Crippen molar-refractivity contribution < 1.29 is 19.0 Å². The van der Waals surface area contributed by atoms with E-state index in [9.17, 15) is 4.79 Å². The van der Waals surface area contributed by atoms with Crippen LogP contribution in [0.5, 0.6) is 0 Å². The van der Waals surface area contributed by atoms with Crippen LogP contribution < -0.4 is 0 Å². The lowest BCUT2D eigenvalue weighted by molar-refractivity contribution is -0.239. The first-order chi connectivity index (χ1) is 9.20. The van der Waals surface area contributed by atoms with E-state index in [0.29, 0.717) is 0 Å². The van der Waals surface area contributed by atoms with Crippen molar-refractivity contribution in [2.24, 2.45) is 5.41 Å². The van der Waals surface area contributed by atoms with Crippen LogP contribution in [-0.2, 0) is 19.0 Å². The van der Waals surface area contributed by atoms with Gasteiger partial charge in [-0.3, -0.25) is 4.79 Å². The summed E-state index contributed by atoms with van der Waals surface area (Å²) in [5.41, 5.74) is -0.525. The fraction of sp³-hybridized carbons (Fsp3) is 0.929. The number of ether oxygens (including phenoxy) is 3. The highest BCUT2D eigenvalue weighted by molar-refractivity contribution is 8.17. The highest BCUT2D eigenvalue weighted by Gasteiger charge is 2.48. The van der Waals surface area contributed by atoms with E-state index in [1.807, 2.05) is 27.7 Å². The molecule has 4 nitrogen and oxygen atoms in total. The van der Waals surface area contributed by atoms with Crippen molar-refractivity contribution in [3.05, 3.63) is 0 Å². The standard InChI is InChI=1S/C14H26O4S2/c1-9-14(19-6,20-7)8-10(11(16-5)17-9)18-12(15)13(2,3)4/h9-11H,8H2,1-7H3. The average Bonchev–Trinajstić information content (AvgIpc) is 2.39. The second-order valence-electron chi connectivity index (χ2n) is 6.00. The third kappa shape index (κ3) is 3.84. The third-order valence-corrected chi connectivity index (χ3v) is 6.92. The third-order valence-electron chi connectivity index (χ3n) is 3.54. The van der Waals surface area contributed by atoms with Gasteiger partial charge >= 0.3 is 5.97 Å². The Morgan fingerprint density at radius 2 is 1.85 bits per heavy atom. The Morgan fingerprint density at radius 1 is 1.30 bits per heavy atom. The van der Waals surface area contributed by atoms with Crippen LogP contribution in [0.4, 0.5) is 0 Å². The second-order valence-corrected chi connectivity index (χ2v) is 8.53. The molecule has 0 radical (unpaired) electrons. The first kappa shape index (κ1) is 18.1.